The fourth-order valence-corrected chi connectivity index (χ4v) is 2.11. The summed E-state index contributed by atoms with van der Waals surface area (Å²) in [5, 5.41) is 18.5. The van der Waals surface area contributed by atoms with Crippen molar-refractivity contribution >= 4 is 13.6 Å². The molecule has 0 saturated heterocycles. The van der Waals surface area contributed by atoms with E-state index in [-0.39, 0.29) is 31.8 Å². The molecule has 4 atom stereocenters. The van der Waals surface area contributed by atoms with Gasteiger partial charge in [0.05, 0.1) is 0 Å². The summed E-state index contributed by atoms with van der Waals surface area (Å²) >= 11 is 0. The van der Waals surface area contributed by atoms with Gasteiger partial charge in [0.2, 0.25) is 0 Å². The van der Waals surface area contributed by atoms with Crippen molar-refractivity contribution in [2.75, 3.05) is 0 Å². The fourth-order valence-electron chi connectivity index (χ4n) is 2.11. The van der Waals surface area contributed by atoms with Crippen LogP contribution in [0.4, 0.5) is 0 Å². The third kappa shape index (κ3) is 29.8. The minimum absolute atomic E-state index is 0. The monoisotopic (exact) mass is 528 g/mol. The Morgan fingerprint density at radius 1 is 0.516 bits per heavy atom. The minimum Gasteiger partial charge on any atom is -0.675 e. The number of rotatable bonds is 12. The van der Waals surface area contributed by atoms with Crippen molar-refractivity contribution in [3.05, 3.63) is 21.3 Å². The minimum atomic E-state index is 0. The largest absolute Gasteiger partial charge is 6.00 e. The maximum atomic E-state index is 7.75. The van der Waals surface area contributed by atoms with Crippen LogP contribution in [0, 0.1) is 11.8 Å². The fraction of sp³-hybridized carbons (Fsp3) is 0.917. The molecule has 31 heavy (non-hydrogen) atoms. The van der Waals surface area contributed by atoms with Gasteiger partial charge in [-0.1, -0.05) is 108 Å². The molecule has 0 amide bonds. The van der Waals surface area contributed by atoms with E-state index in [9.17, 15) is 0 Å². The molecule has 0 aliphatic rings. The van der Waals surface area contributed by atoms with Crippen molar-refractivity contribution < 1.29 is 29.1 Å². The smallest absolute Gasteiger partial charge is 0.675 e. The van der Waals surface area contributed by atoms with Gasteiger partial charge in [-0.05, 0) is 0 Å². The molecular formula is C24H50N4O2Ru. The molecule has 6 nitrogen and oxygen atoms in total. The Balaban J connectivity index is -0.000000122. The van der Waals surface area contributed by atoms with Crippen LogP contribution in [-0.4, -0.2) is 50.1 Å². The third-order valence-corrected chi connectivity index (χ3v) is 4.09. The third-order valence-electron chi connectivity index (χ3n) is 4.09. The Kier molecular flexibility index (Phi) is 36.9. The maximum absolute atomic E-state index is 7.75. The second-order valence-corrected chi connectivity index (χ2v) is 8.61. The van der Waals surface area contributed by atoms with E-state index in [1.807, 2.05) is 0 Å². The van der Waals surface area contributed by atoms with Crippen LogP contribution >= 0.6 is 0 Å². The van der Waals surface area contributed by atoms with Gasteiger partial charge in [0.25, 0.3) is 0 Å². The van der Waals surface area contributed by atoms with Crippen LogP contribution in [0.25, 0.3) is 21.3 Å². The molecule has 0 N–H and O–H groups in total. The van der Waals surface area contributed by atoms with Crippen LogP contribution in [0.3, 0.4) is 0 Å². The summed E-state index contributed by atoms with van der Waals surface area (Å²) in [5.74, 6) is 1.05. The predicted molar refractivity (Wildman–Crippen MR) is 134 cm³/mol. The Bertz CT molecular complexity index is 314. The zero-order chi connectivity index (χ0) is 24.9. The summed E-state index contributed by atoms with van der Waals surface area (Å²) in [6, 6.07) is 1.66. The zero-order valence-electron chi connectivity index (χ0n) is 22.1. The van der Waals surface area contributed by atoms with Gasteiger partial charge >= 0.3 is 19.5 Å². The summed E-state index contributed by atoms with van der Waals surface area (Å²) in [4.78, 5) is 15.5. The average Bonchev–Trinajstić information content (AvgIpc) is 2.69. The molecule has 186 valence electrons. The van der Waals surface area contributed by atoms with Crippen LogP contribution in [0.2, 0.25) is 0 Å². The first kappa shape index (κ1) is 41.1. The van der Waals surface area contributed by atoms with Gasteiger partial charge in [0.15, 0.2) is 0 Å². The van der Waals surface area contributed by atoms with Crippen LogP contribution in [0.1, 0.15) is 95.9 Å². The molecule has 0 aromatic heterocycles. The maximum Gasteiger partial charge on any atom is 6.00 e. The van der Waals surface area contributed by atoms with E-state index in [0.717, 1.165) is 12.8 Å². The molecule has 7 heteroatoms. The second kappa shape index (κ2) is 27.8. The Morgan fingerprint density at radius 3 is 0.871 bits per heavy atom. The molecule has 0 aromatic rings. The first-order chi connectivity index (χ1) is 13.9. The topological polar surface area (TPSA) is 90.5 Å². The average molecular weight is 528 g/mol. The molecule has 0 aromatic carbocycles. The summed E-state index contributed by atoms with van der Waals surface area (Å²) in [6.45, 7) is 32.3. The molecule has 0 bridgehead atoms. The Morgan fingerprint density at radius 2 is 0.742 bits per heavy atom. The van der Waals surface area contributed by atoms with Crippen molar-refractivity contribution in [3.63, 3.8) is 0 Å². The van der Waals surface area contributed by atoms with Gasteiger partial charge in [-0.25, -0.2) is 12.3 Å². The number of carbonyl (C=O) groups excluding carboxylic acids is 2. The van der Waals surface area contributed by atoms with Gasteiger partial charge < -0.3 is 30.9 Å². The Hall–Kier alpha value is -0.197. The molecule has 0 rings (SSSR count). The van der Waals surface area contributed by atoms with Gasteiger partial charge in [0, 0.05) is 0 Å². The van der Waals surface area contributed by atoms with E-state index in [1.54, 1.807) is 0 Å². The van der Waals surface area contributed by atoms with E-state index in [1.165, 1.54) is 0 Å². The van der Waals surface area contributed by atoms with Gasteiger partial charge in [-0.3, -0.25) is 13.6 Å². The zero-order valence-corrected chi connectivity index (χ0v) is 23.9. The summed E-state index contributed by atoms with van der Waals surface area (Å²) in [6.07, 6.45) is 2.60. The van der Waals surface area contributed by atoms with Crippen LogP contribution in [0.5, 0.6) is 0 Å². The van der Waals surface area contributed by atoms with Gasteiger partial charge in [-0.15, -0.1) is 24.2 Å². The van der Waals surface area contributed by atoms with Crippen molar-refractivity contribution in [1.29, 1.82) is 0 Å². The van der Waals surface area contributed by atoms with E-state index >= 15 is 0 Å². The summed E-state index contributed by atoms with van der Waals surface area (Å²) in [7, 11) is 0. The predicted octanol–water partition coefficient (Wildman–Crippen LogP) is 7.29. The molecule has 0 radical (unpaired) electrons. The molecule has 0 spiro atoms. The van der Waals surface area contributed by atoms with Gasteiger partial charge in [0.1, 0.15) is 0 Å². The van der Waals surface area contributed by atoms with Crippen molar-refractivity contribution in [1.82, 2.24) is 0 Å². The first-order valence-corrected chi connectivity index (χ1v) is 11.2. The summed E-state index contributed by atoms with van der Waals surface area (Å²) in [5.41, 5.74) is 0. The number of hydrogen-bond acceptors (Lipinski definition) is 2. The molecule has 0 heterocycles. The van der Waals surface area contributed by atoms with E-state index in [2.05, 4.69) is 118 Å². The van der Waals surface area contributed by atoms with Crippen LogP contribution in [-0.2, 0) is 29.1 Å². The van der Waals surface area contributed by atoms with Crippen molar-refractivity contribution in [2.45, 2.75) is 132 Å². The molecule has 0 aliphatic carbocycles. The first-order valence-electron chi connectivity index (χ1n) is 11.2. The van der Waals surface area contributed by atoms with Crippen molar-refractivity contribution in [2.24, 2.45) is 11.8 Å². The molecule has 4 unspecified atom stereocenters. The Labute approximate surface area is 208 Å². The van der Waals surface area contributed by atoms with Gasteiger partial charge in [-0.2, -0.15) is 0 Å². The van der Waals surface area contributed by atoms with E-state index in [4.69, 9.17) is 9.59 Å². The van der Waals surface area contributed by atoms with Crippen molar-refractivity contribution in [3.8, 4) is 0 Å². The normalized spacial score (nSPS) is 14.2. The molecule has 0 saturated carbocycles. The quantitative estimate of drug-likeness (QED) is 0.151. The standard InChI is InChI=1S/2C11H24N2.2CHO.Ru/c2*1-7-10(6)13-11(8(2)3)12-9(4)5;2*1-2;/h2*8-11H,7H2,1-6H3;2*1H;/q2*-2;2*-1;+6. The SMILES string of the molecule is CCC(C)[N-]C([N-]C(C)C)C(C)C.CCC(C)[N-]C([N-]C(C)C)C(C)C.[CH-]=O.[CH-]=O.[Ru+6]. The van der Waals surface area contributed by atoms with E-state index in [0.29, 0.717) is 36.0 Å². The van der Waals surface area contributed by atoms with Crippen LogP contribution in [0.15, 0.2) is 0 Å². The van der Waals surface area contributed by atoms with Crippen LogP contribution < -0.4 is 0 Å². The second-order valence-electron chi connectivity index (χ2n) is 8.61. The number of hydrogen-bond donors (Lipinski definition) is 0. The summed E-state index contributed by atoms with van der Waals surface area (Å²) < 4.78 is 0. The molecule has 0 fully saturated rings. The number of nitrogens with zero attached hydrogens (tertiary/aromatic N) is 4. The molecular weight excluding hydrogens is 477 g/mol. The van der Waals surface area contributed by atoms with E-state index < -0.39 is 0 Å². The molecule has 0 aliphatic heterocycles.